The van der Waals surface area contributed by atoms with Crippen LogP contribution in [-0.2, 0) is 18.4 Å². The molecule has 1 heterocycles. The van der Waals surface area contributed by atoms with E-state index in [1.54, 1.807) is 11.3 Å². The number of hydrogen-bond acceptors (Lipinski definition) is 3. The minimum absolute atomic E-state index is 0.354. The Morgan fingerprint density at radius 3 is 2.44 bits per heavy atom. The van der Waals surface area contributed by atoms with Gasteiger partial charge in [-0.15, -0.1) is 11.3 Å². The van der Waals surface area contributed by atoms with Gasteiger partial charge in [-0.1, -0.05) is 31.2 Å². The first kappa shape index (κ1) is 13.2. The molecular weight excluding hydrogens is 240 g/mol. The summed E-state index contributed by atoms with van der Waals surface area (Å²) in [5.41, 5.74) is 9.68. The normalized spacial score (nSPS) is 14.4. The number of benzene rings is 1. The zero-order valence-electron chi connectivity index (χ0n) is 11.2. The Bertz CT molecular complexity index is 512. The highest BCUT2D eigenvalue weighted by molar-refractivity contribution is 7.09. The lowest BCUT2D eigenvalue weighted by Crippen LogP contribution is -2.35. The fourth-order valence-corrected chi connectivity index (χ4v) is 2.70. The molecule has 96 valence electrons. The van der Waals surface area contributed by atoms with E-state index in [2.05, 4.69) is 48.5 Å². The molecule has 0 aliphatic carbocycles. The molecule has 0 saturated heterocycles. The summed E-state index contributed by atoms with van der Waals surface area (Å²) in [6.45, 7) is 6.26. The second-order valence-corrected chi connectivity index (χ2v) is 6.06. The van der Waals surface area contributed by atoms with E-state index in [1.165, 1.54) is 11.1 Å². The van der Waals surface area contributed by atoms with Crippen LogP contribution in [0.3, 0.4) is 0 Å². The molecule has 1 aromatic carbocycles. The minimum Gasteiger partial charge on any atom is -0.321 e. The largest absolute Gasteiger partial charge is 0.321 e. The first-order chi connectivity index (χ1) is 8.51. The quantitative estimate of drug-likeness (QED) is 0.914. The van der Waals surface area contributed by atoms with Crippen molar-refractivity contribution in [3.8, 4) is 0 Å². The van der Waals surface area contributed by atoms with E-state index in [9.17, 15) is 0 Å². The molecule has 2 nitrogen and oxygen atoms in total. The van der Waals surface area contributed by atoms with Crippen LogP contribution in [0, 0.1) is 6.92 Å². The van der Waals surface area contributed by atoms with Crippen molar-refractivity contribution in [3.63, 3.8) is 0 Å². The van der Waals surface area contributed by atoms with Crippen molar-refractivity contribution in [2.24, 2.45) is 5.73 Å². The number of nitrogens with zero attached hydrogens (tertiary/aromatic N) is 1. The maximum absolute atomic E-state index is 6.44. The first-order valence-corrected chi connectivity index (χ1v) is 7.18. The van der Waals surface area contributed by atoms with Crippen molar-refractivity contribution >= 4 is 11.3 Å². The van der Waals surface area contributed by atoms with Gasteiger partial charge in [0.15, 0.2) is 0 Å². The van der Waals surface area contributed by atoms with Crippen LogP contribution >= 0.6 is 11.3 Å². The second kappa shape index (κ2) is 5.21. The van der Waals surface area contributed by atoms with Crippen LogP contribution in [0.1, 0.15) is 35.7 Å². The van der Waals surface area contributed by atoms with E-state index in [0.717, 1.165) is 23.5 Å². The van der Waals surface area contributed by atoms with E-state index < -0.39 is 0 Å². The lowest BCUT2D eigenvalue weighted by atomic mass is 9.88. The van der Waals surface area contributed by atoms with E-state index in [-0.39, 0.29) is 5.54 Å². The Morgan fingerprint density at radius 1 is 1.28 bits per heavy atom. The molecule has 0 aliphatic heterocycles. The zero-order valence-corrected chi connectivity index (χ0v) is 12.1. The molecule has 0 aliphatic rings. The van der Waals surface area contributed by atoms with Crippen LogP contribution in [0.5, 0.6) is 0 Å². The number of thiazole rings is 1. The average Bonchev–Trinajstić information content (AvgIpc) is 2.74. The molecule has 1 aromatic heterocycles. The number of aryl methyl sites for hydroxylation is 2. The van der Waals surface area contributed by atoms with E-state index in [0.29, 0.717) is 0 Å². The molecule has 0 bridgehead atoms. The summed E-state index contributed by atoms with van der Waals surface area (Å²) in [5.74, 6) is 0. The highest BCUT2D eigenvalue weighted by atomic mass is 32.1. The molecule has 1 unspecified atom stereocenters. The third-order valence-electron chi connectivity index (χ3n) is 3.24. The van der Waals surface area contributed by atoms with Crippen molar-refractivity contribution in [2.75, 3.05) is 0 Å². The molecule has 0 saturated carbocycles. The molecule has 1 atom stereocenters. The van der Waals surface area contributed by atoms with Crippen molar-refractivity contribution in [1.29, 1.82) is 0 Å². The molecule has 0 amide bonds. The number of aromatic nitrogens is 1. The Labute approximate surface area is 113 Å². The maximum atomic E-state index is 6.44. The summed E-state index contributed by atoms with van der Waals surface area (Å²) in [7, 11) is 0. The monoisotopic (exact) mass is 260 g/mol. The topological polar surface area (TPSA) is 38.9 Å². The van der Waals surface area contributed by atoms with Gasteiger partial charge in [0.05, 0.1) is 10.7 Å². The van der Waals surface area contributed by atoms with Crippen molar-refractivity contribution < 1.29 is 0 Å². The van der Waals surface area contributed by atoms with Crippen LogP contribution in [0.25, 0.3) is 0 Å². The van der Waals surface area contributed by atoms with Gasteiger partial charge < -0.3 is 5.73 Å². The van der Waals surface area contributed by atoms with Crippen LogP contribution in [-0.4, -0.2) is 4.98 Å². The van der Waals surface area contributed by atoms with Gasteiger partial charge in [0.25, 0.3) is 0 Å². The molecular formula is C15H20N2S. The first-order valence-electron chi connectivity index (χ1n) is 6.30. The van der Waals surface area contributed by atoms with Gasteiger partial charge in [0.1, 0.15) is 0 Å². The number of hydrogen-bond donors (Lipinski definition) is 1. The Hall–Kier alpha value is -1.19. The predicted molar refractivity (Wildman–Crippen MR) is 77.9 cm³/mol. The van der Waals surface area contributed by atoms with Gasteiger partial charge in [-0.3, -0.25) is 0 Å². The molecule has 18 heavy (non-hydrogen) atoms. The minimum atomic E-state index is -0.354. The maximum Gasteiger partial charge on any atom is 0.0897 e. The standard InChI is InChI=1S/C15H20N2S/c1-4-12-5-7-13(8-6-12)15(3,16)9-14-10-18-11(2)17-14/h5-8,10H,4,9,16H2,1-3H3. The Morgan fingerprint density at radius 2 is 1.94 bits per heavy atom. The van der Waals surface area contributed by atoms with Crippen molar-refractivity contribution in [2.45, 2.75) is 39.2 Å². The molecule has 0 spiro atoms. The molecule has 0 fully saturated rings. The fourth-order valence-electron chi connectivity index (χ4n) is 2.09. The average molecular weight is 260 g/mol. The summed E-state index contributed by atoms with van der Waals surface area (Å²) in [6, 6.07) is 8.59. The number of rotatable bonds is 4. The summed E-state index contributed by atoms with van der Waals surface area (Å²) >= 11 is 1.68. The van der Waals surface area contributed by atoms with Gasteiger partial charge in [0.2, 0.25) is 0 Å². The molecule has 2 aromatic rings. The predicted octanol–water partition coefficient (Wildman–Crippen LogP) is 3.43. The van der Waals surface area contributed by atoms with Crippen molar-refractivity contribution in [1.82, 2.24) is 4.98 Å². The Balaban J connectivity index is 2.18. The lowest BCUT2D eigenvalue weighted by molar-refractivity contribution is 0.486. The summed E-state index contributed by atoms with van der Waals surface area (Å²) in [4.78, 5) is 4.49. The molecule has 2 N–H and O–H groups in total. The molecule has 3 heteroatoms. The molecule has 0 radical (unpaired) electrons. The summed E-state index contributed by atoms with van der Waals surface area (Å²) < 4.78 is 0. The number of nitrogens with two attached hydrogens (primary N) is 1. The zero-order chi connectivity index (χ0) is 13.2. The van der Waals surface area contributed by atoms with E-state index in [4.69, 9.17) is 5.73 Å². The van der Waals surface area contributed by atoms with Crippen molar-refractivity contribution in [3.05, 3.63) is 51.5 Å². The highest BCUT2D eigenvalue weighted by Crippen LogP contribution is 2.24. The SMILES string of the molecule is CCc1ccc(C(C)(N)Cc2csc(C)n2)cc1. The van der Waals surface area contributed by atoms with E-state index >= 15 is 0 Å². The van der Waals surface area contributed by atoms with E-state index in [1.807, 2.05) is 6.92 Å². The van der Waals surface area contributed by atoms with Gasteiger partial charge >= 0.3 is 0 Å². The van der Waals surface area contributed by atoms with Crippen LogP contribution in [0.15, 0.2) is 29.6 Å². The van der Waals surface area contributed by atoms with Gasteiger partial charge in [-0.2, -0.15) is 0 Å². The Kier molecular flexibility index (Phi) is 3.83. The third kappa shape index (κ3) is 2.98. The highest BCUT2D eigenvalue weighted by Gasteiger charge is 2.22. The third-order valence-corrected chi connectivity index (χ3v) is 4.06. The fraction of sp³-hybridized carbons (Fsp3) is 0.400. The smallest absolute Gasteiger partial charge is 0.0897 e. The molecule has 2 rings (SSSR count). The summed E-state index contributed by atoms with van der Waals surface area (Å²) in [5, 5.41) is 3.20. The second-order valence-electron chi connectivity index (χ2n) is 5.00. The van der Waals surface area contributed by atoms with Crippen LogP contribution in [0.4, 0.5) is 0 Å². The van der Waals surface area contributed by atoms with Gasteiger partial charge in [0, 0.05) is 17.3 Å². The van der Waals surface area contributed by atoms with Gasteiger partial charge in [-0.25, -0.2) is 4.98 Å². The summed E-state index contributed by atoms with van der Waals surface area (Å²) in [6.07, 6.45) is 1.84. The van der Waals surface area contributed by atoms with Gasteiger partial charge in [-0.05, 0) is 31.4 Å². The van der Waals surface area contributed by atoms with Crippen LogP contribution in [0.2, 0.25) is 0 Å². The van der Waals surface area contributed by atoms with Crippen LogP contribution < -0.4 is 5.73 Å². The lowest BCUT2D eigenvalue weighted by Gasteiger charge is -2.24.